The fraction of sp³-hybridized carbons (Fsp3) is 0.364. The van der Waals surface area contributed by atoms with Crippen LogP contribution in [0.15, 0.2) is 53.5 Å². The Hall–Kier alpha value is -3.32. The summed E-state index contributed by atoms with van der Waals surface area (Å²) in [6, 6.07) is 14.1. The maximum atomic E-state index is 11.3. The lowest BCUT2D eigenvalue weighted by Gasteiger charge is -2.46. The molecule has 0 amide bonds. The van der Waals surface area contributed by atoms with Crippen LogP contribution in [0.5, 0.6) is 5.75 Å². The third kappa shape index (κ3) is 4.72. The Labute approximate surface area is 181 Å². The van der Waals surface area contributed by atoms with Crippen molar-refractivity contribution < 1.29 is 19.3 Å². The minimum atomic E-state index is -1.25. The number of nitrogens with zero attached hydrogens (tertiary/aromatic N) is 2. The van der Waals surface area contributed by atoms with Gasteiger partial charge in [-0.1, -0.05) is 30.3 Å². The molecule has 0 radical (unpaired) electrons. The minimum absolute atomic E-state index is 0.208. The van der Waals surface area contributed by atoms with Gasteiger partial charge >= 0.3 is 0 Å². The van der Waals surface area contributed by atoms with Crippen LogP contribution in [0.25, 0.3) is 0 Å². The Morgan fingerprint density at radius 2 is 2.00 bits per heavy atom. The van der Waals surface area contributed by atoms with E-state index in [1.165, 1.54) is 14.2 Å². The zero-order valence-electron chi connectivity index (χ0n) is 17.7. The molecule has 0 aromatic heterocycles. The highest BCUT2D eigenvalue weighted by Crippen LogP contribution is 2.43. The van der Waals surface area contributed by atoms with E-state index in [4.69, 9.17) is 19.9 Å². The third-order valence-electron chi connectivity index (χ3n) is 5.23. The molecule has 9 nitrogen and oxygen atoms in total. The van der Waals surface area contributed by atoms with Crippen molar-refractivity contribution in [2.24, 2.45) is 4.99 Å². The lowest BCUT2D eigenvalue weighted by atomic mass is 9.84. The van der Waals surface area contributed by atoms with Crippen molar-refractivity contribution in [2.45, 2.75) is 37.5 Å². The van der Waals surface area contributed by atoms with Crippen LogP contribution in [0.2, 0.25) is 0 Å². The number of nitriles is 1. The van der Waals surface area contributed by atoms with Crippen molar-refractivity contribution in [3.63, 3.8) is 0 Å². The molecule has 0 spiro atoms. The number of hydrogen-bond donors (Lipinski definition) is 4. The van der Waals surface area contributed by atoms with E-state index in [1.54, 1.807) is 25.1 Å². The van der Waals surface area contributed by atoms with E-state index in [0.717, 1.165) is 5.56 Å². The molecule has 1 aliphatic heterocycles. The summed E-state index contributed by atoms with van der Waals surface area (Å²) < 4.78 is 16.9. The second kappa shape index (κ2) is 9.66. The van der Waals surface area contributed by atoms with Gasteiger partial charge in [-0.15, -0.1) is 0 Å². The number of rotatable bonds is 6. The number of aliphatic imine (C=N–C) groups is 1. The molecule has 3 unspecified atom stereocenters. The molecule has 1 heterocycles. The Morgan fingerprint density at radius 1 is 1.29 bits per heavy atom. The van der Waals surface area contributed by atoms with Crippen LogP contribution in [0.1, 0.15) is 24.1 Å². The highest BCUT2D eigenvalue weighted by Gasteiger charge is 2.52. The minimum Gasteiger partial charge on any atom is -0.479 e. The molecule has 1 aliphatic rings. The molecule has 0 saturated heterocycles. The Kier molecular flexibility index (Phi) is 6.97. The third-order valence-corrected chi connectivity index (χ3v) is 5.23. The van der Waals surface area contributed by atoms with Gasteiger partial charge in [0.2, 0.25) is 5.96 Å². The predicted molar refractivity (Wildman–Crippen MR) is 116 cm³/mol. The van der Waals surface area contributed by atoms with Gasteiger partial charge in [0, 0.05) is 25.5 Å². The van der Waals surface area contributed by atoms with Crippen molar-refractivity contribution >= 4 is 11.6 Å². The number of methoxy groups -OCH3 is 2. The van der Waals surface area contributed by atoms with Gasteiger partial charge in [-0.25, -0.2) is 4.99 Å². The number of guanidine groups is 1. The summed E-state index contributed by atoms with van der Waals surface area (Å²) in [5, 5.41) is 26.2. The SMILES string of the molecule is COC(OC)C1(C)Oc2ccc(N)cc2C(NC(=NCc2ccccc2)NC#N)C1O. The smallest absolute Gasteiger partial charge is 0.205 e. The molecule has 0 saturated carbocycles. The summed E-state index contributed by atoms with van der Waals surface area (Å²) in [4.78, 5) is 4.47. The summed E-state index contributed by atoms with van der Waals surface area (Å²) in [6.45, 7) is 2.04. The fourth-order valence-electron chi connectivity index (χ4n) is 3.68. The molecule has 5 N–H and O–H groups in total. The first-order valence-electron chi connectivity index (χ1n) is 9.75. The molecule has 0 aliphatic carbocycles. The molecule has 0 bridgehead atoms. The van der Waals surface area contributed by atoms with Crippen LogP contribution >= 0.6 is 0 Å². The molecule has 3 rings (SSSR count). The van der Waals surface area contributed by atoms with Crippen molar-refractivity contribution in [3.05, 3.63) is 59.7 Å². The second-order valence-corrected chi connectivity index (χ2v) is 7.34. The molecule has 9 heteroatoms. The summed E-state index contributed by atoms with van der Waals surface area (Å²) in [6.07, 6.45) is -0.106. The number of nitrogens with one attached hydrogen (secondary N) is 2. The maximum absolute atomic E-state index is 11.3. The molecular formula is C22H27N5O4. The molecular weight excluding hydrogens is 398 g/mol. The Bertz CT molecular complexity index is 958. The zero-order chi connectivity index (χ0) is 22.4. The van der Waals surface area contributed by atoms with Crippen molar-refractivity contribution in [1.29, 1.82) is 5.26 Å². The highest BCUT2D eigenvalue weighted by molar-refractivity contribution is 5.82. The van der Waals surface area contributed by atoms with E-state index in [2.05, 4.69) is 15.6 Å². The van der Waals surface area contributed by atoms with E-state index in [9.17, 15) is 10.4 Å². The topological polar surface area (TPSA) is 134 Å². The van der Waals surface area contributed by atoms with Crippen LogP contribution in [0, 0.1) is 11.5 Å². The van der Waals surface area contributed by atoms with E-state index in [1.807, 2.05) is 36.5 Å². The van der Waals surface area contributed by atoms with Gasteiger partial charge in [0.1, 0.15) is 11.9 Å². The first-order valence-corrected chi connectivity index (χ1v) is 9.75. The number of benzene rings is 2. The van der Waals surface area contributed by atoms with Crippen LogP contribution in [-0.2, 0) is 16.0 Å². The van der Waals surface area contributed by atoms with Gasteiger partial charge in [0.15, 0.2) is 18.1 Å². The molecule has 164 valence electrons. The average Bonchev–Trinajstić information content (AvgIpc) is 2.77. The van der Waals surface area contributed by atoms with Gasteiger partial charge in [0.25, 0.3) is 0 Å². The van der Waals surface area contributed by atoms with Gasteiger partial charge in [-0.3, -0.25) is 5.32 Å². The Balaban J connectivity index is 1.97. The van der Waals surface area contributed by atoms with Crippen LogP contribution in [0.4, 0.5) is 5.69 Å². The van der Waals surface area contributed by atoms with Gasteiger partial charge in [-0.2, -0.15) is 5.26 Å². The van der Waals surface area contributed by atoms with Crippen LogP contribution in [-0.4, -0.2) is 43.3 Å². The quantitative estimate of drug-likeness (QED) is 0.137. The number of ether oxygens (including phenoxy) is 3. The number of fused-ring (bicyclic) bond motifs is 1. The number of nitrogens with two attached hydrogens (primary N) is 1. The van der Waals surface area contributed by atoms with E-state index < -0.39 is 24.0 Å². The maximum Gasteiger partial charge on any atom is 0.205 e. The molecule has 31 heavy (non-hydrogen) atoms. The number of aliphatic hydroxyl groups is 1. The molecule has 0 fully saturated rings. The van der Waals surface area contributed by atoms with Gasteiger partial charge in [-0.05, 0) is 30.7 Å². The van der Waals surface area contributed by atoms with E-state index >= 15 is 0 Å². The number of hydrogen-bond acceptors (Lipinski definition) is 7. The summed E-state index contributed by atoms with van der Waals surface area (Å²) in [5.74, 6) is 0.720. The number of nitrogen functional groups attached to an aromatic ring is 1. The standard InChI is InChI=1S/C22H27N5O4/c1-22(20(29-2)30-3)19(28)18(16-11-15(24)9-10-17(16)31-22)27-21(26-13-23)25-12-14-7-5-4-6-8-14/h4-11,18-20,28H,12,24H2,1-3H3,(H2,25,26,27). The predicted octanol–water partition coefficient (Wildman–Crippen LogP) is 1.66. The molecule has 3 atom stereocenters. The van der Waals surface area contributed by atoms with E-state index in [-0.39, 0.29) is 5.96 Å². The van der Waals surface area contributed by atoms with Crippen LogP contribution in [0.3, 0.4) is 0 Å². The lowest BCUT2D eigenvalue weighted by Crippen LogP contribution is -2.62. The van der Waals surface area contributed by atoms with Gasteiger partial charge in [0.05, 0.1) is 12.6 Å². The number of anilines is 1. The summed E-state index contributed by atoms with van der Waals surface area (Å²) in [7, 11) is 2.95. The van der Waals surface area contributed by atoms with Gasteiger partial charge < -0.3 is 30.4 Å². The first-order chi connectivity index (χ1) is 14.9. The highest BCUT2D eigenvalue weighted by atomic mass is 16.7. The summed E-state index contributed by atoms with van der Waals surface area (Å²) in [5.41, 5.74) is 6.84. The van der Waals surface area contributed by atoms with Crippen molar-refractivity contribution in [1.82, 2.24) is 10.6 Å². The molecule has 2 aromatic carbocycles. The normalized spacial score (nSPS) is 22.9. The molecule has 2 aromatic rings. The fourth-order valence-corrected chi connectivity index (χ4v) is 3.68. The monoisotopic (exact) mass is 425 g/mol. The van der Waals surface area contributed by atoms with Crippen molar-refractivity contribution in [2.75, 3.05) is 20.0 Å². The van der Waals surface area contributed by atoms with Crippen molar-refractivity contribution in [3.8, 4) is 11.9 Å². The lowest BCUT2D eigenvalue weighted by molar-refractivity contribution is -0.238. The average molecular weight is 425 g/mol. The van der Waals surface area contributed by atoms with E-state index in [0.29, 0.717) is 23.5 Å². The second-order valence-electron chi connectivity index (χ2n) is 7.34. The number of aliphatic hydroxyl groups excluding tert-OH is 1. The summed E-state index contributed by atoms with van der Waals surface area (Å²) >= 11 is 0. The Morgan fingerprint density at radius 3 is 2.65 bits per heavy atom. The van der Waals surface area contributed by atoms with Crippen LogP contribution < -0.4 is 21.1 Å². The largest absolute Gasteiger partial charge is 0.479 e. The zero-order valence-corrected chi connectivity index (χ0v) is 17.7. The first kappa shape index (κ1) is 22.4.